The topological polar surface area (TPSA) is 0 Å². The summed E-state index contributed by atoms with van der Waals surface area (Å²) in [5.74, 6) is 9.06. The summed E-state index contributed by atoms with van der Waals surface area (Å²) in [7, 11) is 0. The molecule has 0 rings (SSSR count). The smallest absolute Gasteiger partial charge is 0.0102 e. The van der Waals surface area contributed by atoms with Crippen LogP contribution in [0.4, 0.5) is 0 Å². The molecule has 0 radical (unpaired) electrons. The minimum absolute atomic E-state index is 0.902. The lowest BCUT2D eigenvalue weighted by Gasteiger charge is -1.87. The van der Waals surface area contributed by atoms with Gasteiger partial charge in [-0.25, -0.2) is 0 Å². The van der Waals surface area contributed by atoms with E-state index in [1.807, 2.05) is 0 Å². The fraction of sp³-hybridized carbons (Fsp3) is 0.636. The molecule has 0 heterocycles. The van der Waals surface area contributed by atoms with Crippen molar-refractivity contribution < 1.29 is 0 Å². The third-order valence-corrected chi connectivity index (χ3v) is 1.55. The van der Waals surface area contributed by atoms with Crippen molar-refractivity contribution in [3.63, 3.8) is 0 Å². The highest BCUT2D eigenvalue weighted by molar-refractivity contribution is 6.30. The van der Waals surface area contributed by atoms with Gasteiger partial charge in [-0.3, -0.25) is 0 Å². The lowest BCUT2D eigenvalue weighted by atomic mass is 10.2. The standard InChI is InChI=1S/C11H15Cl/c1-2-3-4-5-6-7-8-9-10-11-12/h2-3,6-9H2,1H3. The highest BCUT2D eigenvalue weighted by atomic mass is 35.5. The highest BCUT2D eigenvalue weighted by Crippen LogP contribution is 1.97. The van der Waals surface area contributed by atoms with Crippen LogP contribution in [0.1, 0.15) is 45.4 Å². The Morgan fingerprint density at radius 1 is 0.917 bits per heavy atom. The van der Waals surface area contributed by atoms with Gasteiger partial charge in [0.2, 0.25) is 0 Å². The second-order valence-electron chi connectivity index (χ2n) is 2.58. The van der Waals surface area contributed by atoms with Gasteiger partial charge in [0.1, 0.15) is 0 Å². The van der Waals surface area contributed by atoms with Crippen LogP contribution in [0.2, 0.25) is 0 Å². The van der Waals surface area contributed by atoms with E-state index in [0.717, 1.165) is 38.5 Å². The Bertz CT molecular complexity index is 197. The van der Waals surface area contributed by atoms with Crippen LogP contribution in [-0.2, 0) is 0 Å². The van der Waals surface area contributed by atoms with Gasteiger partial charge in [0.15, 0.2) is 0 Å². The predicted molar refractivity (Wildman–Crippen MR) is 54.8 cm³/mol. The van der Waals surface area contributed by atoms with Crippen molar-refractivity contribution in [2.45, 2.75) is 45.4 Å². The molecule has 0 amide bonds. The van der Waals surface area contributed by atoms with E-state index in [4.69, 9.17) is 11.6 Å². The van der Waals surface area contributed by atoms with E-state index in [0.29, 0.717) is 0 Å². The number of rotatable bonds is 4. The Morgan fingerprint density at radius 2 is 1.50 bits per heavy atom. The quantitative estimate of drug-likeness (QED) is 0.461. The maximum atomic E-state index is 5.19. The second kappa shape index (κ2) is 10.4. The van der Waals surface area contributed by atoms with E-state index in [1.165, 1.54) is 0 Å². The monoisotopic (exact) mass is 182 g/mol. The number of hydrogen-bond acceptors (Lipinski definition) is 0. The number of hydrogen-bond donors (Lipinski definition) is 0. The summed E-state index contributed by atoms with van der Waals surface area (Å²) in [4.78, 5) is 0. The van der Waals surface area contributed by atoms with E-state index < -0.39 is 0 Å². The molecule has 0 aliphatic carbocycles. The van der Waals surface area contributed by atoms with Gasteiger partial charge in [-0.15, -0.1) is 11.8 Å². The molecule has 0 aromatic rings. The average Bonchev–Trinajstić information content (AvgIpc) is 2.10. The third kappa shape index (κ3) is 9.41. The number of halogens is 1. The second-order valence-corrected chi connectivity index (χ2v) is 2.77. The van der Waals surface area contributed by atoms with Crippen LogP contribution in [0.15, 0.2) is 0 Å². The van der Waals surface area contributed by atoms with Gasteiger partial charge in [0.05, 0.1) is 0 Å². The van der Waals surface area contributed by atoms with Gasteiger partial charge >= 0.3 is 0 Å². The van der Waals surface area contributed by atoms with Gasteiger partial charge in [-0.1, -0.05) is 12.8 Å². The molecule has 0 fully saturated rings. The molecular formula is C11H15Cl. The predicted octanol–water partition coefficient (Wildman–Crippen LogP) is 3.55. The SMILES string of the molecule is CCCC#CCCCCC#CCl. The number of unbranched alkanes of at least 4 members (excludes halogenated alkanes) is 4. The molecule has 0 bridgehead atoms. The Balaban J connectivity index is 3.09. The first-order valence-electron chi connectivity index (χ1n) is 4.46. The lowest BCUT2D eigenvalue weighted by molar-refractivity contribution is 0.782. The Morgan fingerprint density at radius 3 is 2.08 bits per heavy atom. The van der Waals surface area contributed by atoms with E-state index in [1.54, 1.807) is 0 Å². The Hall–Kier alpha value is -0.590. The summed E-state index contributed by atoms with van der Waals surface area (Å²) in [5, 5.41) is 2.37. The molecule has 12 heavy (non-hydrogen) atoms. The van der Waals surface area contributed by atoms with E-state index in [2.05, 4.69) is 30.1 Å². The van der Waals surface area contributed by atoms with Crippen LogP contribution in [0.5, 0.6) is 0 Å². The van der Waals surface area contributed by atoms with Crippen molar-refractivity contribution in [3.05, 3.63) is 0 Å². The largest absolute Gasteiger partial charge is 0.103 e. The molecule has 0 saturated heterocycles. The molecule has 0 spiro atoms. The normalized spacial score (nSPS) is 7.83. The van der Waals surface area contributed by atoms with Gasteiger partial charge in [0.25, 0.3) is 0 Å². The van der Waals surface area contributed by atoms with Crippen molar-refractivity contribution >= 4 is 11.6 Å². The molecular weight excluding hydrogens is 168 g/mol. The molecule has 0 aliphatic heterocycles. The summed E-state index contributed by atoms with van der Waals surface area (Å²) < 4.78 is 0. The first-order chi connectivity index (χ1) is 5.91. The summed E-state index contributed by atoms with van der Waals surface area (Å²) in [6.45, 7) is 2.14. The van der Waals surface area contributed by atoms with Gasteiger partial charge < -0.3 is 0 Å². The van der Waals surface area contributed by atoms with Crippen molar-refractivity contribution in [3.8, 4) is 23.1 Å². The van der Waals surface area contributed by atoms with Gasteiger partial charge in [-0.05, 0) is 30.9 Å². The summed E-state index contributed by atoms with van der Waals surface area (Å²) in [6.07, 6.45) is 6.35. The van der Waals surface area contributed by atoms with E-state index in [9.17, 15) is 0 Å². The molecule has 66 valence electrons. The fourth-order valence-electron chi connectivity index (χ4n) is 0.776. The zero-order chi connectivity index (χ0) is 9.07. The van der Waals surface area contributed by atoms with Crippen LogP contribution in [-0.4, -0.2) is 0 Å². The van der Waals surface area contributed by atoms with Crippen molar-refractivity contribution in [2.24, 2.45) is 0 Å². The molecule has 0 aliphatic rings. The Kier molecular flexibility index (Phi) is 9.90. The Labute approximate surface area is 80.7 Å². The van der Waals surface area contributed by atoms with Crippen LogP contribution in [0.3, 0.4) is 0 Å². The van der Waals surface area contributed by atoms with Gasteiger partial charge in [0, 0.05) is 24.6 Å². The zero-order valence-electron chi connectivity index (χ0n) is 7.62. The van der Waals surface area contributed by atoms with Crippen molar-refractivity contribution in [1.29, 1.82) is 0 Å². The highest BCUT2D eigenvalue weighted by Gasteiger charge is 1.82. The molecule has 0 aromatic heterocycles. The van der Waals surface area contributed by atoms with Crippen LogP contribution in [0.25, 0.3) is 0 Å². The fourth-order valence-corrected chi connectivity index (χ4v) is 0.870. The molecule has 0 N–H and O–H groups in total. The lowest BCUT2D eigenvalue weighted by Crippen LogP contribution is -1.72. The first-order valence-corrected chi connectivity index (χ1v) is 4.83. The average molecular weight is 183 g/mol. The minimum Gasteiger partial charge on any atom is -0.103 e. The molecule has 0 unspecified atom stereocenters. The minimum atomic E-state index is 0.902. The summed E-state index contributed by atoms with van der Waals surface area (Å²) in [6, 6.07) is 0. The maximum absolute atomic E-state index is 5.19. The van der Waals surface area contributed by atoms with Gasteiger partial charge in [-0.2, -0.15) is 0 Å². The van der Waals surface area contributed by atoms with Crippen molar-refractivity contribution in [2.75, 3.05) is 0 Å². The van der Waals surface area contributed by atoms with E-state index >= 15 is 0 Å². The first kappa shape index (κ1) is 11.4. The third-order valence-electron chi connectivity index (χ3n) is 1.42. The molecule has 0 aromatic carbocycles. The molecule has 0 saturated carbocycles. The zero-order valence-corrected chi connectivity index (χ0v) is 8.38. The van der Waals surface area contributed by atoms with Crippen molar-refractivity contribution in [1.82, 2.24) is 0 Å². The molecule has 0 nitrogen and oxygen atoms in total. The van der Waals surface area contributed by atoms with Crippen LogP contribution in [0, 0.1) is 23.1 Å². The molecule has 1 heteroatoms. The van der Waals surface area contributed by atoms with Crippen LogP contribution >= 0.6 is 11.6 Å². The van der Waals surface area contributed by atoms with E-state index in [-0.39, 0.29) is 0 Å². The maximum Gasteiger partial charge on any atom is 0.0102 e. The molecule has 0 atom stereocenters. The van der Waals surface area contributed by atoms with Crippen LogP contribution < -0.4 is 0 Å². The summed E-state index contributed by atoms with van der Waals surface area (Å²) >= 11 is 5.19. The summed E-state index contributed by atoms with van der Waals surface area (Å²) in [5.41, 5.74) is 0.